The van der Waals surface area contributed by atoms with Gasteiger partial charge in [-0.25, -0.2) is 0 Å². The number of rotatable bonds is 2. The Balaban J connectivity index is 2.22. The van der Waals surface area contributed by atoms with Crippen molar-refractivity contribution in [3.8, 4) is 0 Å². The van der Waals surface area contributed by atoms with E-state index in [9.17, 15) is 13.2 Å². The van der Waals surface area contributed by atoms with Crippen LogP contribution in [0.1, 0.15) is 18.4 Å². The fourth-order valence-electron chi connectivity index (χ4n) is 2.43. The third-order valence-corrected chi connectivity index (χ3v) is 4.19. The molecule has 106 valence electrons. The molecule has 1 atom stereocenters. The maximum absolute atomic E-state index is 12.8. The maximum Gasteiger partial charge on any atom is 0.393 e. The molecule has 0 radical (unpaired) electrons. The molecule has 0 bridgehead atoms. The average molecular weight is 357 g/mol. The van der Waals surface area contributed by atoms with E-state index in [1.807, 2.05) is 18.2 Å². The Morgan fingerprint density at radius 1 is 1.37 bits per heavy atom. The maximum atomic E-state index is 12.8. The summed E-state index contributed by atoms with van der Waals surface area (Å²) >= 11 is 9.23. The standard InChI is InChI=1S/C13H14BrClF3N/c14-11-3-4-12(9(6-11)7-15)19-5-1-2-10(8-19)13(16,17)18/h3-4,6,10H,1-2,5,7-8H2. The van der Waals surface area contributed by atoms with Crippen molar-refractivity contribution in [3.05, 3.63) is 28.2 Å². The number of anilines is 1. The summed E-state index contributed by atoms with van der Waals surface area (Å²) in [6, 6.07) is 5.53. The Hall–Kier alpha value is -0.420. The van der Waals surface area contributed by atoms with Crippen LogP contribution in [-0.2, 0) is 5.88 Å². The second kappa shape index (κ2) is 5.92. The summed E-state index contributed by atoms with van der Waals surface area (Å²) in [5.74, 6) is -0.949. The van der Waals surface area contributed by atoms with E-state index in [0.717, 1.165) is 15.7 Å². The van der Waals surface area contributed by atoms with Crippen molar-refractivity contribution in [2.75, 3.05) is 18.0 Å². The summed E-state index contributed by atoms with van der Waals surface area (Å²) in [4.78, 5) is 1.80. The highest BCUT2D eigenvalue weighted by Crippen LogP contribution is 2.36. The highest BCUT2D eigenvalue weighted by atomic mass is 79.9. The number of benzene rings is 1. The zero-order valence-corrected chi connectivity index (χ0v) is 12.5. The Kier molecular flexibility index (Phi) is 4.66. The first-order valence-corrected chi connectivity index (χ1v) is 7.40. The fraction of sp³-hybridized carbons (Fsp3) is 0.538. The Bertz CT molecular complexity index is 450. The largest absolute Gasteiger partial charge is 0.393 e. The highest BCUT2D eigenvalue weighted by molar-refractivity contribution is 9.10. The molecule has 0 N–H and O–H groups in total. The van der Waals surface area contributed by atoms with Gasteiger partial charge in [-0.3, -0.25) is 0 Å². The van der Waals surface area contributed by atoms with Gasteiger partial charge in [0.15, 0.2) is 0 Å². The van der Waals surface area contributed by atoms with Gasteiger partial charge >= 0.3 is 6.18 Å². The fourth-order valence-corrected chi connectivity index (χ4v) is 3.06. The molecule has 6 heteroatoms. The first-order chi connectivity index (χ1) is 8.91. The van der Waals surface area contributed by atoms with Gasteiger partial charge in [-0.2, -0.15) is 13.2 Å². The first kappa shape index (κ1) is 15.0. The van der Waals surface area contributed by atoms with Crippen molar-refractivity contribution < 1.29 is 13.2 Å². The monoisotopic (exact) mass is 355 g/mol. The van der Waals surface area contributed by atoms with Gasteiger partial charge in [-0.15, -0.1) is 11.6 Å². The van der Waals surface area contributed by atoms with Crippen molar-refractivity contribution in [1.82, 2.24) is 0 Å². The molecule has 1 aromatic rings. The second-order valence-corrected chi connectivity index (χ2v) is 5.92. The van der Waals surface area contributed by atoms with Crippen LogP contribution in [0.25, 0.3) is 0 Å². The molecule has 1 aliphatic rings. The molecule has 0 saturated carbocycles. The summed E-state index contributed by atoms with van der Waals surface area (Å²) in [7, 11) is 0. The third-order valence-electron chi connectivity index (χ3n) is 3.41. The second-order valence-electron chi connectivity index (χ2n) is 4.73. The SMILES string of the molecule is FC(F)(F)C1CCCN(c2ccc(Br)cc2CCl)C1. The number of piperidine rings is 1. The van der Waals surface area contributed by atoms with Crippen LogP contribution >= 0.6 is 27.5 Å². The topological polar surface area (TPSA) is 3.24 Å². The normalized spacial score (nSPS) is 20.7. The van der Waals surface area contributed by atoms with Crippen LogP contribution < -0.4 is 4.90 Å². The van der Waals surface area contributed by atoms with E-state index in [0.29, 0.717) is 18.8 Å². The summed E-state index contributed by atoms with van der Waals surface area (Å²) in [5, 5.41) is 0. The number of alkyl halides is 4. The van der Waals surface area contributed by atoms with Gasteiger partial charge in [0.05, 0.1) is 5.92 Å². The zero-order valence-electron chi connectivity index (χ0n) is 10.2. The molecule has 1 aromatic carbocycles. The number of hydrogen-bond acceptors (Lipinski definition) is 1. The predicted molar refractivity (Wildman–Crippen MR) is 74.7 cm³/mol. The minimum absolute atomic E-state index is 0.0228. The molecule has 0 amide bonds. The lowest BCUT2D eigenvalue weighted by Crippen LogP contribution is -2.42. The quantitative estimate of drug-likeness (QED) is 0.677. The van der Waals surface area contributed by atoms with E-state index < -0.39 is 12.1 Å². The molecular weight excluding hydrogens is 343 g/mol. The van der Waals surface area contributed by atoms with E-state index in [1.165, 1.54) is 0 Å². The Morgan fingerprint density at radius 3 is 2.74 bits per heavy atom. The summed E-state index contributed by atoms with van der Waals surface area (Å²) in [6.45, 7) is 0.674. The number of halogens is 5. The van der Waals surface area contributed by atoms with Crippen molar-refractivity contribution in [2.24, 2.45) is 5.92 Å². The Labute approximate surface area is 123 Å². The summed E-state index contributed by atoms with van der Waals surface area (Å²) < 4.78 is 39.3. The lowest BCUT2D eigenvalue weighted by atomic mass is 9.96. The van der Waals surface area contributed by atoms with Gasteiger partial charge in [-0.1, -0.05) is 15.9 Å². The molecule has 1 heterocycles. The van der Waals surface area contributed by atoms with E-state index in [-0.39, 0.29) is 13.0 Å². The van der Waals surface area contributed by atoms with E-state index >= 15 is 0 Å². The molecule has 2 rings (SSSR count). The van der Waals surface area contributed by atoms with Crippen LogP contribution in [-0.4, -0.2) is 19.3 Å². The van der Waals surface area contributed by atoms with Crippen LogP contribution in [0.3, 0.4) is 0 Å². The van der Waals surface area contributed by atoms with Crippen LogP contribution in [0.2, 0.25) is 0 Å². The molecule has 0 aliphatic carbocycles. The first-order valence-electron chi connectivity index (χ1n) is 6.08. The van der Waals surface area contributed by atoms with Crippen molar-refractivity contribution in [1.29, 1.82) is 0 Å². The van der Waals surface area contributed by atoms with Crippen LogP contribution in [0.5, 0.6) is 0 Å². The average Bonchev–Trinajstić information content (AvgIpc) is 2.37. The molecule has 1 unspecified atom stereocenters. The lowest BCUT2D eigenvalue weighted by Gasteiger charge is -2.36. The zero-order chi connectivity index (χ0) is 14.0. The van der Waals surface area contributed by atoms with Gasteiger partial charge in [0.1, 0.15) is 0 Å². The number of hydrogen-bond donors (Lipinski definition) is 0. The summed E-state index contributed by atoms with van der Waals surface area (Å²) in [6.07, 6.45) is -3.34. The molecule has 1 nitrogen and oxygen atoms in total. The Morgan fingerprint density at radius 2 is 2.11 bits per heavy atom. The molecule has 0 aromatic heterocycles. The molecule has 1 saturated heterocycles. The van der Waals surface area contributed by atoms with Gasteiger partial charge in [0.2, 0.25) is 0 Å². The minimum Gasteiger partial charge on any atom is -0.371 e. The predicted octanol–water partition coefficient (Wildman–Crippen LogP) is 4.97. The lowest BCUT2D eigenvalue weighted by molar-refractivity contribution is -0.175. The molecule has 19 heavy (non-hydrogen) atoms. The summed E-state index contributed by atoms with van der Waals surface area (Å²) in [5.41, 5.74) is 1.67. The van der Waals surface area contributed by atoms with E-state index in [2.05, 4.69) is 15.9 Å². The van der Waals surface area contributed by atoms with Crippen molar-refractivity contribution in [3.63, 3.8) is 0 Å². The van der Waals surface area contributed by atoms with Crippen LogP contribution in [0.15, 0.2) is 22.7 Å². The molecule has 1 fully saturated rings. The van der Waals surface area contributed by atoms with Gasteiger partial charge in [0, 0.05) is 29.1 Å². The molecule has 1 aliphatic heterocycles. The number of nitrogens with zero attached hydrogens (tertiary/aromatic N) is 1. The van der Waals surface area contributed by atoms with Gasteiger partial charge in [0.25, 0.3) is 0 Å². The van der Waals surface area contributed by atoms with Gasteiger partial charge in [-0.05, 0) is 36.6 Å². The van der Waals surface area contributed by atoms with E-state index in [1.54, 1.807) is 4.90 Å². The molecular formula is C13H14BrClF3N. The van der Waals surface area contributed by atoms with Crippen molar-refractivity contribution in [2.45, 2.75) is 24.9 Å². The minimum atomic E-state index is -4.12. The van der Waals surface area contributed by atoms with E-state index in [4.69, 9.17) is 11.6 Å². The van der Waals surface area contributed by atoms with Crippen LogP contribution in [0.4, 0.5) is 18.9 Å². The van der Waals surface area contributed by atoms with Crippen LogP contribution in [0, 0.1) is 5.92 Å². The highest BCUT2D eigenvalue weighted by Gasteiger charge is 2.42. The molecule has 0 spiro atoms. The van der Waals surface area contributed by atoms with Crippen molar-refractivity contribution >= 4 is 33.2 Å². The third kappa shape index (κ3) is 3.57. The van der Waals surface area contributed by atoms with Gasteiger partial charge < -0.3 is 4.90 Å². The smallest absolute Gasteiger partial charge is 0.371 e.